The molecule has 0 saturated carbocycles. The topological polar surface area (TPSA) is 42.0 Å². The number of allylic oxidation sites excluding steroid dienone is 1. The Hall–Kier alpha value is -1.85. The quantitative estimate of drug-likeness (QED) is 0.750. The van der Waals surface area contributed by atoms with Crippen LogP contribution in [0.15, 0.2) is 30.3 Å². The molecule has 24 heavy (non-hydrogen) atoms. The number of likely N-dealkylation sites (N-methyl/N-ethyl adjacent to an activating group) is 2. The molecular formula is C19H28N2O3. The Morgan fingerprint density at radius 2 is 2.17 bits per heavy atom. The van der Waals surface area contributed by atoms with E-state index < -0.39 is 0 Å². The van der Waals surface area contributed by atoms with Gasteiger partial charge in [-0.3, -0.25) is 9.69 Å². The van der Waals surface area contributed by atoms with E-state index in [4.69, 9.17) is 9.47 Å². The van der Waals surface area contributed by atoms with Crippen molar-refractivity contribution >= 4 is 11.5 Å². The van der Waals surface area contributed by atoms with E-state index in [9.17, 15) is 4.79 Å². The summed E-state index contributed by atoms with van der Waals surface area (Å²) in [6, 6.07) is 8.09. The molecule has 0 unspecified atom stereocenters. The minimum atomic E-state index is 0.0181. The number of amides is 1. The van der Waals surface area contributed by atoms with E-state index in [1.165, 1.54) is 0 Å². The van der Waals surface area contributed by atoms with Crippen molar-refractivity contribution in [1.82, 2.24) is 9.80 Å². The highest BCUT2D eigenvalue weighted by Gasteiger charge is 2.30. The summed E-state index contributed by atoms with van der Waals surface area (Å²) < 4.78 is 10.7. The van der Waals surface area contributed by atoms with Gasteiger partial charge in [0.15, 0.2) is 0 Å². The van der Waals surface area contributed by atoms with Crippen LogP contribution in [0.25, 0.3) is 5.57 Å². The van der Waals surface area contributed by atoms with Gasteiger partial charge in [-0.25, -0.2) is 0 Å². The van der Waals surface area contributed by atoms with Crippen LogP contribution in [-0.2, 0) is 9.53 Å². The molecule has 1 heterocycles. The third-order valence-electron chi connectivity index (χ3n) is 4.71. The lowest BCUT2D eigenvalue weighted by Gasteiger charge is -2.25. The average Bonchev–Trinajstić information content (AvgIpc) is 2.94. The molecule has 2 atom stereocenters. The minimum absolute atomic E-state index is 0.0181. The highest BCUT2D eigenvalue weighted by Crippen LogP contribution is 2.21. The number of hydrogen-bond acceptors (Lipinski definition) is 4. The Labute approximate surface area is 144 Å². The maximum Gasteiger partial charge on any atom is 0.246 e. The van der Waals surface area contributed by atoms with Gasteiger partial charge >= 0.3 is 0 Å². The summed E-state index contributed by atoms with van der Waals surface area (Å²) >= 11 is 0. The average molecular weight is 332 g/mol. The molecule has 0 aromatic heterocycles. The first kappa shape index (κ1) is 18.5. The van der Waals surface area contributed by atoms with Crippen LogP contribution in [0.2, 0.25) is 0 Å². The number of benzene rings is 1. The maximum absolute atomic E-state index is 12.5. The smallest absolute Gasteiger partial charge is 0.246 e. The molecule has 0 bridgehead atoms. The van der Waals surface area contributed by atoms with Crippen LogP contribution in [0.1, 0.15) is 18.9 Å². The fraction of sp³-hybridized carbons (Fsp3) is 0.526. The third kappa shape index (κ3) is 4.58. The van der Waals surface area contributed by atoms with Gasteiger partial charge in [0.2, 0.25) is 5.91 Å². The molecule has 1 aliphatic heterocycles. The predicted octanol–water partition coefficient (Wildman–Crippen LogP) is 2.28. The van der Waals surface area contributed by atoms with Crippen molar-refractivity contribution < 1.29 is 14.3 Å². The van der Waals surface area contributed by atoms with Crippen LogP contribution in [0.5, 0.6) is 5.75 Å². The van der Waals surface area contributed by atoms with Gasteiger partial charge in [0.05, 0.1) is 13.2 Å². The van der Waals surface area contributed by atoms with Crippen LogP contribution in [0, 0.1) is 0 Å². The van der Waals surface area contributed by atoms with Crippen molar-refractivity contribution in [1.29, 1.82) is 0 Å². The molecule has 1 aromatic carbocycles. The van der Waals surface area contributed by atoms with Gasteiger partial charge in [-0.15, -0.1) is 0 Å². The van der Waals surface area contributed by atoms with E-state index >= 15 is 0 Å². The van der Waals surface area contributed by atoms with Crippen molar-refractivity contribution in [3.8, 4) is 5.75 Å². The summed E-state index contributed by atoms with van der Waals surface area (Å²) in [4.78, 5) is 16.5. The van der Waals surface area contributed by atoms with Crippen molar-refractivity contribution in [3.63, 3.8) is 0 Å². The molecule has 0 N–H and O–H groups in total. The fourth-order valence-electron chi connectivity index (χ4n) is 3.07. The van der Waals surface area contributed by atoms with Gasteiger partial charge in [-0.2, -0.15) is 0 Å². The standard InChI is InChI=1S/C19H28N2O3/c1-14(15-7-6-8-17(10-15)23-4)9-19(22)21(3)12-16-11-18(24-5)13-20(16)2/h6-10,16,18H,11-13H2,1-5H3/b14-9+/t16-,18-/m0/s1. The van der Waals surface area contributed by atoms with E-state index in [2.05, 4.69) is 11.9 Å². The molecule has 0 radical (unpaired) electrons. The second kappa shape index (κ2) is 8.31. The summed E-state index contributed by atoms with van der Waals surface area (Å²) in [5, 5.41) is 0. The molecule has 1 aromatic rings. The predicted molar refractivity (Wildman–Crippen MR) is 96.1 cm³/mol. The molecule has 2 rings (SSSR count). The summed E-state index contributed by atoms with van der Waals surface area (Å²) in [6.07, 6.45) is 2.92. The van der Waals surface area contributed by atoms with Gasteiger partial charge in [0, 0.05) is 39.4 Å². The van der Waals surface area contributed by atoms with Crippen LogP contribution >= 0.6 is 0 Å². The monoisotopic (exact) mass is 332 g/mol. The Bertz CT molecular complexity index is 600. The van der Waals surface area contributed by atoms with E-state index in [1.54, 1.807) is 25.2 Å². The van der Waals surface area contributed by atoms with E-state index in [1.807, 2.05) is 38.2 Å². The molecule has 5 heteroatoms. The molecule has 132 valence electrons. The minimum Gasteiger partial charge on any atom is -0.497 e. The summed E-state index contributed by atoms with van der Waals surface area (Å²) in [7, 11) is 7.32. The van der Waals surface area contributed by atoms with Crippen LogP contribution in [0.3, 0.4) is 0 Å². The number of ether oxygens (including phenoxy) is 2. The summed E-state index contributed by atoms with van der Waals surface area (Å²) in [5.41, 5.74) is 1.92. The summed E-state index contributed by atoms with van der Waals surface area (Å²) in [5.74, 6) is 0.809. The maximum atomic E-state index is 12.5. The molecule has 0 spiro atoms. The Morgan fingerprint density at radius 1 is 1.42 bits per heavy atom. The Balaban J connectivity index is 1.99. The third-order valence-corrected chi connectivity index (χ3v) is 4.71. The number of carbonyl (C=O) groups excluding carboxylic acids is 1. The van der Waals surface area contributed by atoms with E-state index in [0.717, 1.165) is 29.9 Å². The molecule has 1 amide bonds. The first-order valence-electron chi connectivity index (χ1n) is 8.25. The second-order valence-corrected chi connectivity index (χ2v) is 6.46. The molecule has 1 fully saturated rings. The summed E-state index contributed by atoms with van der Waals surface area (Å²) in [6.45, 7) is 3.57. The lowest BCUT2D eigenvalue weighted by molar-refractivity contribution is -0.125. The van der Waals surface area contributed by atoms with Gasteiger partial charge in [-0.1, -0.05) is 12.1 Å². The second-order valence-electron chi connectivity index (χ2n) is 6.46. The van der Waals surface area contributed by atoms with Gasteiger partial charge < -0.3 is 14.4 Å². The van der Waals surface area contributed by atoms with E-state index in [-0.39, 0.29) is 12.0 Å². The zero-order valence-corrected chi connectivity index (χ0v) is 15.3. The normalized spacial score (nSPS) is 21.8. The lowest BCUT2D eigenvalue weighted by Crippen LogP contribution is -2.39. The van der Waals surface area contributed by atoms with Gasteiger partial charge in [0.25, 0.3) is 0 Å². The number of nitrogens with zero attached hydrogens (tertiary/aromatic N) is 2. The van der Waals surface area contributed by atoms with Crippen molar-refractivity contribution in [2.75, 3.05) is 41.4 Å². The number of likely N-dealkylation sites (tertiary alicyclic amines) is 1. The number of carbonyl (C=O) groups is 1. The zero-order chi connectivity index (χ0) is 17.7. The first-order valence-corrected chi connectivity index (χ1v) is 8.25. The zero-order valence-electron chi connectivity index (χ0n) is 15.3. The highest BCUT2D eigenvalue weighted by molar-refractivity contribution is 5.94. The molecule has 5 nitrogen and oxygen atoms in total. The van der Waals surface area contributed by atoms with Crippen molar-refractivity contribution in [2.45, 2.75) is 25.5 Å². The van der Waals surface area contributed by atoms with Crippen LogP contribution in [-0.4, -0.2) is 69.3 Å². The Kier molecular flexibility index (Phi) is 6.40. The SMILES string of the molecule is COc1cccc(/C(C)=C/C(=O)N(C)C[C@@H]2C[C@H](OC)CN2C)c1. The number of hydrogen-bond donors (Lipinski definition) is 0. The van der Waals surface area contributed by atoms with Crippen LogP contribution < -0.4 is 4.74 Å². The highest BCUT2D eigenvalue weighted by atomic mass is 16.5. The largest absolute Gasteiger partial charge is 0.497 e. The Morgan fingerprint density at radius 3 is 2.79 bits per heavy atom. The number of methoxy groups -OCH3 is 2. The van der Waals surface area contributed by atoms with Gasteiger partial charge in [-0.05, 0) is 43.7 Å². The van der Waals surface area contributed by atoms with Crippen molar-refractivity contribution in [3.05, 3.63) is 35.9 Å². The lowest BCUT2D eigenvalue weighted by atomic mass is 10.1. The molecule has 1 saturated heterocycles. The van der Waals surface area contributed by atoms with Crippen LogP contribution in [0.4, 0.5) is 0 Å². The number of rotatable bonds is 6. The van der Waals surface area contributed by atoms with Crippen molar-refractivity contribution in [2.24, 2.45) is 0 Å². The first-order chi connectivity index (χ1) is 11.4. The van der Waals surface area contributed by atoms with Gasteiger partial charge in [0.1, 0.15) is 5.75 Å². The molecule has 0 aliphatic carbocycles. The molecule has 1 aliphatic rings. The molecular weight excluding hydrogens is 304 g/mol. The van der Waals surface area contributed by atoms with E-state index in [0.29, 0.717) is 12.6 Å². The fourth-order valence-corrected chi connectivity index (χ4v) is 3.07.